The zero-order valence-corrected chi connectivity index (χ0v) is 33.0. The number of likely N-dealkylation sites (tertiary alicyclic amines) is 1. The van der Waals surface area contributed by atoms with E-state index in [9.17, 15) is 28.4 Å². The number of nitrogens with zero attached hydrogens (tertiary/aromatic N) is 5. The summed E-state index contributed by atoms with van der Waals surface area (Å²) in [5.41, 5.74) is 3.32. The minimum Gasteiger partial charge on any atom is -0.489 e. The molecule has 6 aliphatic rings. The second-order valence-corrected chi connectivity index (χ2v) is 17.6. The molecule has 5 amide bonds. The lowest BCUT2D eigenvalue weighted by molar-refractivity contribution is -0.199. The number of nitrogens with one attached hydrogen (secondary N) is 1. The predicted octanol–water partition coefficient (Wildman–Crippen LogP) is 5.10. The Bertz CT molecular complexity index is 2450. The van der Waals surface area contributed by atoms with Crippen molar-refractivity contribution in [3.8, 4) is 17.6 Å². The van der Waals surface area contributed by atoms with E-state index in [-0.39, 0.29) is 53.6 Å². The third-order valence-electron chi connectivity index (χ3n) is 13.2. The number of carbonyl (C=O) groups excluding carboxylic acids is 5. The summed E-state index contributed by atoms with van der Waals surface area (Å²) < 4.78 is 21.2. The molecule has 12 nitrogen and oxygen atoms in total. The largest absolute Gasteiger partial charge is 0.489 e. The number of amides is 5. The van der Waals surface area contributed by atoms with Crippen molar-refractivity contribution in [2.45, 2.75) is 78.2 Å². The maximum absolute atomic E-state index is 14.8. The average Bonchev–Trinajstić information content (AvgIpc) is 3.58. The predicted molar refractivity (Wildman–Crippen MR) is 211 cm³/mol. The summed E-state index contributed by atoms with van der Waals surface area (Å²) in [6.45, 7) is 20.9. The molecule has 1 N–H and O–H groups in total. The molecule has 0 spiro atoms. The van der Waals surface area contributed by atoms with Crippen molar-refractivity contribution in [3.63, 3.8) is 0 Å². The van der Waals surface area contributed by atoms with Crippen LogP contribution in [0.3, 0.4) is 0 Å². The number of piperidine rings is 1. The van der Waals surface area contributed by atoms with Gasteiger partial charge >= 0.3 is 0 Å². The van der Waals surface area contributed by atoms with Crippen molar-refractivity contribution in [2.24, 2.45) is 16.7 Å². The highest BCUT2D eigenvalue weighted by atomic mass is 19.1. The van der Waals surface area contributed by atoms with Crippen LogP contribution in [0, 0.1) is 47.9 Å². The lowest BCUT2D eigenvalue weighted by Crippen LogP contribution is -2.74. The molecule has 58 heavy (non-hydrogen) atoms. The van der Waals surface area contributed by atoms with Crippen molar-refractivity contribution < 1.29 is 33.1 Å². The SMILES string of the molecule is [C-]#[N+]c1ccc(OC2C(C)(C)C(N3Cc4cc(C#CC5CN(C6CN(c7ccc8c(c7)C(=O)N(C7CCC(=O)NC7=O)C8=O)C6)C5)ccc4C3=O)C2(C)C)c(C)c1F. The molecule has 1 atom stereocenters. The van der Waals surface area contributed by atoms with E-state index >= 15 is 0 Å². The molecule has 13 heteroatoms. The number of hydrogen-bond acceptors (Lipinski definition) is 8. The van der Waals surface area contributed by atoms with Crippen LogP contribution in [-0.4, -0.2) is 94.6 Å². The number of rotatable bonds is 6. The van der Waals surface area contributed by atoms with Crippen LogP contribution in [0.4, 0.5) is 15.8 Å². The van der Waals surface area contributed by atoms with Crippen molar-refractivity contribution in [1.82, 2.24) is 20.0 Å². The van der Waals surface area contributed by atoms with Crippen LogP contribution in [0.25, 0.3) is 4.85 Å². The van der Waals surface area contributed by atoms with E-state index in [1.807, 2.05) is 29.2 Å². The minimum atomic E-state index is -0.988. The highest BCUT2D eigenvalue weighted by Gasteiger charge is 2.67. The van der Waals surface area contributed by atoms with Crippen molar-refractivity contribution in [2.75, 3.05) is 31.1 Å². The topological polar surface area (TPSA) is 124 Å². The van der Waals surface area contributed by atoms with Gasteiger partial charge in [-0.15, -0.1) is 0 Å². The highest BCUT2D eigenvalue weighted by Crippen LogP contribution is 2.59. The third kappa shape index (κ3) is 5.70. The number of anilines is 1. The molecule has 5 heterocycles. The standard InChI is InChI=1S/C45H43FN6O6/c1-24-35(15-13-33(47-6)37(24)46)58-43-44(2,3)42(45(43,4)5)51-21-27-17-25(9-11-30(27)39(51)55)7-8-26-19-49(20-26)29-22-50(23-29)28-10-12-31-32(18-28)41(57)52(40(31)56)34-14-16-36(53)48-38(34)54/h9-13,15,17-18,26,29,34,42-43H,14,16,19-23H2,1-5H3,(H,48,53,54). The molecule has 3 saturated heterocycles. The van der Waals surface area contributed by atoms with Gasteiger partial charge in [-0.2, -0.15) is 0 Å². The molecule has 1 saturated carbocycles. The Morgan fingerprint density at radius 3 is 2.29 bits per heavy atom. The number of halogens is 1. The van der Waals surface area contributed by atoms with E-state index in [1.165, 1.54) is 6.07 Å². The van der Waals surface area contributed by atoms with E-state index in [0.717, 1.165) is 47.9 Å². The number of ether oxygens (including phenoxy) is 1. The van der Waals surface area contributed by atoms with E-state index in [4.69, 9.17) is 11.3 Å². The maximum atomic E-state index is 14.8. The van der Waals surface area contributed by atoms with E-state index in [1.54, 1.807) is 25.1 Å². The lowest BCUT2D eigenvalue weighted by Gasteiger charge is -2.65. The second-order valence-electron chi connectivity index (χ2n) is 17.6. The van der Waals surface area contributed by atoms with Crippen LogP contribution in [0.2, 0.25) is 0 Å². The van der Waals surface area contributed by atoms with Gasteiger partial charge in [0.2, 0.25) is 17.5 Å². The fourth-order valence-corrected chi connectivity index (χ4v) is 10.5. The van der Waals surface area contributed by atoms with Crippen LogP contribution < -0.4 is 15.0 Å². The normalized spacial score (nSPS) is 24.9. The van der Waals surface area contributed by atoms with Gasteiger partial charge in [0, 0.05) is 90.4 Å². The summed E-state index contributed by atoms with van der Waals surface area (Å²) in [6.07, 6.45) is -0.0905. The molecule has 1 unspecified atom stereocenters. The molecule has 3 aromatic rings. The number of fused-ring (bicyclic) bond motifs is 2. The van der Waals surface area contributed by atoms with Gasteiger partial charge in [-0.1, -0.05) is 39.5 Å². The van der Waals surface area contributed by atoms with Crippen LogP contribution in [0.5, 0.6) is 5.75 Å². The molecule has 4 fully saturated rings. The summed E-state index contributed by atoms with van der Waals surface area (Å²) >= 11 is 0. The first-order valence-corrected chi connectivity index (χ1v) is 19.7. The quantitative estimate of drug-likeness (QED) is 0.209. The first-order valence-electron chi connectivity index (χ1n) is 19.7. The Balaban J connectivity index is 0.787. The Morgan fingerprint density at radius 1 is 0.879 bits per heavy atom. The molecule has 296 valence electrons. The van der Waals surface area contributed by atoms with E-state index < -0.39 is 46.3 Å². The fraction of sp³-hybridized carbons (Fsp3) is 0.422. The molecular weight excluding hydrogens is 740 g/mol. The average molecular weight is 783 g/mol. The van der Waals surface area contributed by atoms with Crippen LogP contribution in [0.15, 0.2) is 48.5 Å². The molecule has 0 radical (unpaired) electrons. The maximum Gasteiger partial charge on any atom is 0.262 e. The Morgan fingerprint density at radius 2 is 1.59 bits per heavy atom. The third-order valence-corrected chi connectivity index (χ3v) is 13.2. The van der Waals surface area contributed by atoms with Gasteiger partial charge in [-0.3, -0.25) is 39.1 Å². The van der Waals surface area contributed by atoms with Gasteiger partial charge in [-0.25, -0.2) is 9.24 Å². The number of imide groups is 2. The van der Waals surface area contributed by atoms with Crippen molar-refractivity contribution in [3.05, 3.63) is 99.1 Å². The molecular formula is C45H43FN6O6. The zero-order valence-electron chi connectivity index (χ0n) is 33.0. The van der Waals surface area contributed by atoms with Gasteiger partial charge in [-0.05, 0) is 67.4 Å². The van der Waals surface area contributed by atoms with Gasteiger partial charge in [0.15, 0.2) is 0 Å². The van der Waals surface area contributed by atoms with Crippen LogP contribution >= 0.6 is 0 Å². The molecule has 1 aliphatic carbocycles. The number of hydrogen-bond donors (Lipinski definition) is 1. The molecule has 5 aliphatic heterocycles. The highest BCUT2D eigenvalue weighted by molar-refractivity contribution is 6.23. The summed E-state index contributed by atoms with van der Waals surface area (Å²) in [5.74, 6) is 4.79. The fourth-order valence-electron chi connectivity index (χ4n) is 10.5. The summed E-state index contributed by atoms with van der Waals surface area (Å²) in [6, 6.07) is 13.4. The van der Waals surface area contributed by atoms with E-state index in [2.05, 4.69) is 59.5 Å². The first-order chi connectivity index (χ1) is 27.6. The summed E-state index contributed by atoms with van der Waals surface area (Å²) in [7, 11) is 0. The molecule has 0 bridgehead atoms. The number of carbonyl (C=O) groups is 5. The minimum absolute atomic E-state index is 0.0129. The van der Waals surface area contributed by atoms with E-state index in [0.29, 0.717) is 29.5 Å². The Kier molecular flexibility index (Phi) is 8.57. The van der Waals surface area contributed by atoms with Crippen LogP contribution in [0.1, 0.15) is 88.3 Å². The number of benzene rings is 3. The lowest BCUT2D eigenvalue weighted by atomic mass is 9.49. The Labute approximate surface area is 336 Å². The zero-order chi connectivity index (χ0) is 41.0. The van der Waals surface area contributed by atoms with Gasteiger partial charge < -0.3 is 14.5 Å². The van der Waals surface area contributed by atoms with Gasteiger partial charge in [0.25, 0.3) is 17.7 Å². The van der Waals surface area contributed by atoms with Crippen molar-refractivity contribution >= 4 is 40.9 Å². The van der Waals surface area contributed by atoms with Crippen molar-refractivity contribution in [1.29, 1.82) is 0 Å². The van der Waals surface area contributed by atoms with Gasteiger partial charge in [0.1, 0.15) is 23.7 Å². The summed E-state index contributed by atoms with van der Waals surface area (Å²) in [5, 5.41) is 2.23. The second kappa shape index (κ2) is 13.2. The first kappa shape index (κ1) is 37.5. The summed E-state index contributed by atoms with van der Waals surface area (Å²) in [4.78, 5) is 74.9. The smallest absolute Gasteiger partial charge is 0.262 e. The molecule has 0 aromatic heterocycles. The molecule has 3 aromatic carbocycles. The van der Waals surface area contributed by atoms with Crippen LogP contribution in [-0.2, 0) is 16.1 Å². The van der Waals surface area contributed by atoms with Gasteiger partial charge in [0.05, 0.1) is 17.7 Å². The Hall–Kier alpha value is -6.05. The molecule has 9 rings (SSSR count). The monoisotopic (exact) mass is 782 g/mol.